The van der Waals surface area contributed by atoms with Crippen LogP contribution in [0.5, 0.6) is 11.5 Å². The highest BCUT2D eigenvalue weighted by atomic mass is 16.5. The van der Waals surface area contributed by atoms with Gasteiger partial charge in [-0.25, -0.2) is 0 Å². The van der Waals surface area contributed by atoms with Gasteiger partial charge in [0.15, 0.2) is 5.75 Å². The van der Waals surface area contributed by atoms with Crippen LogP contribution in [0.2, 0.25) is 0 Å². The molecule has 0 radical (unpaired) electrons. The minimum atomic E-state index is 0.590. The van der Waals surface area contributed by atoms with E-state index in [0.29, 0.717) is 5.69 Å². The molecule has 1 heterocycles. The minimum absolute atomic E-state index is 0.590. The summed E-state index contributed by atoms with van der Waals surface area (Å²) in [6, 6.07) is 19.2. The summed E-state index contributed by atoms with van der Waals surface area (Å²) in [7, 11) is 0. The molecule has 0 saturated carbocycles. The van der Waals surface area contributed by atoms with Crippen LogP contribution < -0.4 is 15.8 Å². The minimum Gasteiger partial charge on any atom is -0.455 e. The van der Waals surface area contributed by atoms with Crippen molar-refractivity contribution in [1.82, 2.24) is 4.98 Å². The molecule has 0 saturated heterocycles. The van der Waals surface area contributed by atoms with Crippen LogP contribution in [0.25, 0.3) is 0 Å². The van der Waals surface area contributed by atoms with Crippen LogP contribution in [-0.4, -0.2) is 4.98 Å². The van der Waals surface area contributed by atoms with Gasteiger partial charge in [0.2, 0.25) is 0 Å². The Balaban J connectivity index is 1.88. The fourth-order valence-corrected chi connectivity index (χ4v) is 1.94. The number of hydrogen-bond acceptors (Lipinski definition) is 4. The number of pyridine rings is 1. The summed E-state index contributed by atoms with van der Waals surface area (Å²) < 4.78 is 5.90. The van der Waals surface area contributed by atoms with Crippen molar-refractivity contribution < 1.29 is 4.74 Å². The molecule has 0 bridgehead atoms. The van der Waals surface area contributed by atoms with E-state index in [1.807, 2.05) is 60.7 Å². The molecule has 0 unspecified atom stereocenters. The highest BCUT2D eigenvalue weighted by Gasteiger charge is 2.06. The van der Waals surface area contributed by atoms with Gasteiger partial charge < -0.3 is 15.8 Å². The van der Waals surface area contributed by atoms with Crippen molar-refractivity contribution in [3.63, 3.8) is 0 Å². The first-order chi connectivity index (χ1) is 10.3. The molecule has 0 fully saturated rings. The molecule has 0 atom stereocenters. The van der Waals surface area contributed by atoms with E-state index in [1.165, 1.54) is 0 Å². The highest BCUT2D eigenvalue weighted by molar-refractivity contribution is 5.74. The van der Waals surface area contributed by atoms with Gasteiger partial charge in [0.05, 0.1) is 23.3 Å². The van der Waals surface area contributed by atoms with E-state index in [1.54, 1.807) is 12.4 Å². The molecule has 3 rings (SSSR count). The standard InChI is InChI=1S/C17H15N3O/c18-14-12-19-11-10-15(14)20-16-8-4-5-9-17(16)21-13-6-2-1-3-7-13/h1-12H,18H2,(H,19,20). The largest absolute Gasteiger partial charge is 0.455 e. The maximum atomic E-state index is 5.91. The molecule has 3 aromatic rings. The Bertz CT molecular complexity index is 729. The molecular weight excluding hydrogens is 262 g/mol. The molecule has 104 valence electrons. The number of nitrogens with two attached hydrogens (primary N) is 1. The summed E-state index contributed by atoms with van der Waals surface area (Å²) in [6.45, 7) is 0. The molecule has 0 aliphatic rings. The molecule has 0 spiro atoms. The zero-order valence-corrected chi connectivity index (χ0v) is 11.4. The number of rotatable bonds is 4. The van der Waals surface area contributed by atoms with Crippen LogP contribution in [0.4, 0.5) is 17.1 Å². The molecular formula is C17H15N3O. The molecule has 2 aromatic carbocycles. The summed E-state index contributed by atoms with van der Waals surface area (Å²) in [4.78, 5) is 3.98. The quantitative estimate of drug-likeness (QED) is 0.750. The number of benzene rings is 2. The number of nitrogens with zero attached hydrogens (tertiary/aromatic N) is 1. The van der Waals surface area contributed by atoms with Gasteiger partial charge >= 0.3 is 0 Å². The lowest BCUT2D eigenvalue weighted by atomic mass is 10.2. The van der Waals surface area contributed by atoms with Gasteiger partial charge in [0, 0.05) is 6.20 Å². The maximum absolute atomic E-state index is 5.91. The van der Waals surface area contributed by atoms with E-state index in [9.17, 15) is 0 Å². The van der Waals surface area contributed by atoms with Crippen LogP contribution in [0.15, 0.2) is 73.1 Å². The molecule has 4 heteroatoms. The fourth-order valence-electron chi connectivity index (χ4n) is 1.94. The number of anilines is 3. The predicted molar refractivity (Wildman–Crippen MR) is 84.9 cm³/mol. The molecule has 3 N–H and O–H groups in total. The van der Waals surface area contributed by atoms with E-state index in [4.69, 9.17) is 10.5 Å². The molecule has 4 nitrogen and oxygen atoms in total. The summed E-state index contributed by atoms with van der Waals surface area (Å²) in [5.74, 6) is 1.52. The van der Waals surface area contributed by atoms with Gasteiger partial charge in [0.25, 0.3) is 0 Å². The third-order valence-corrected chi connectivity index (χ3v) is 2.98. The average molecular weight is 277 g/mol. The Hall–Kier alpha value is -3.01. The number of nitrogens with one attached hydrogen (secondary N) is 1. The van der Waals surface area contributed by atoms with Crippen molar-refractivity contribution in [3.8, 4) is 11.5 Å². The zero-order valence-electron chi connectivity index (χ0n) is 11.4. The Morgan fingerprint density at radius 2 is 1.62 bits per heavy atom. The summed E-state index contributed by atoms with van der Waals surface area (Å²) in [6.07, 6.45) is 3.31. The highest BCUT2D eigenvalue weighted by Crippen LogP contribution is 2.32. The van der Waals surface area contributed by atoms with Gasteiger partial charge in [-0.3, -0.25) is 4.98 Å². The van der Waals surface area contributed by atoms with Gasteiger partial charge in [-0.15, -0.1) is 0 Å². The Morgan fingerprint density at radius 1 is 0.857 bits per heavy atom. The fraction of sp³-hybridized carbons (Fsp3) is 0. The van der Waals surface area contributed by atoms with Crippen LogP contribution in [-0.2, 0) is 0 Å². The maximum Gasteiger partial charge on any atom is 0.150 e. The van der Waals surface area contributed by atoms with E-state index in [0.717, 1.165) is 22.9 Å². The first-order valence-electron chi connectivity index (χ1n) is 6.61. The van der Waals surface area contributed by atoms with E-state index in [-0.39, 0.29) is 0 Å². The first kappa shape index (κ1) is 13.0. The summed E-state index contributed by atoms with van der Waals surface area (Å²) in [5, 5.41) is 3.27. The third-order valence-electron chi connectivity index (χ3n) is 2.98. The monoisotopic (exact) mass is 277 g/mol. The molecule has 0 aliphatic carbocycles. The number of aromatic nitrogens is 1. The molecule has 21 heavy (non-hydrogen) atoms. The van der Waals surface area contributed by atoms with Crippen molar-refractivity contribution in [2.45, 2.75) is 0 Å². The summed E-state index contributed by atoms with van der Waals surface area (Å²) in [5.41, 5.74) is 8.14. The lowest BCUT2D eigenvalue weighted by molar-refractivity contribution is 0.485. The van der Waals surface area contributed by atoms with Crippen molar-refractivity contribution in [1.29, 1.82) is 0 Å². The van der Waals surface area contributed by atoms with Crippen LogP contribution in [0, 0.1) is 0 Å². The Kier molecular flexibility index (Phi) is 3.69. The van der Waals surface area contributed by atoms with Crippen molar-refractivity contribution in [2.75, 3.05) is 11.1 Å². The van der Waals surface area contributed by atoms with Crippen LogP contribution in [0.3, 0.4) is 0 Å². The van der Waals surface area contributed by atoms with Gasteiger partial charge in [-0.2, -0.15) is 0 Å². The lowest BCUT2D eigenvalue weighted by Crippen LogP contribution is -1.98. The van der Waals surface area contributed by atoms with Gasteiger partial charge in [-0.1, -0.05) is 30.3 Å². The first-order valence-corrected chi connectivity index (χ1v) is 6.61. The van der Waals surface area contributed by atoms with Crippen LogP contribution >= 0.6 is 0 Å². The summed E-state index contributed by atoms with van der Waals surface area (Å²) >= 11 is 0. The van der Waals surface area contributed by atoms with Gasteiger partial charge in [0.1, 0.15) is 5.75 Å². The second-order valence-electron chi connectivity index (χ2n) is 4.50. The topological polar surface area (TPSA) is 60.2 Å². The van der Waals surface area contributed by atoms with E-state index >= 15 is 0 Å². The number of ether oxygens (including phenoxy) is 1. The van der Waals surface area contributed by atoms with Crippen molar-refractivity contribution in [2.24, 2.45) is 0 Å². The third kappa shape index (κ3) is 3.12. The Morgan fingerprint density at radius 3 is 2.43 bits per heavy atom. The second-order valence-corrected chi connectivity index (χ2v) is 4.50. The van der Waals surface area contributed by atoms with Crippen LogP contribution in [0.1, 0.15) is 0 Å². The van der Waals surface area contributed by atoms with E-state index in [2.05, 4.69) is 10.3 Å². The number of nitrogen functional groups attached to an aromatic ring is 1. The van der Waals surface area contributed by atoms with Crippen molar-refractivity contribution in [3.05, 3.63) is 73.1 Å². The normalized spacial score (nSPS) is 10.1. The molecule has 1 aromatic heterocycles. The van der Waals surface area contributed by atoms with Gasteiger partial charge in [-0.05, 0) is 30.3 Å². The Labute approximate surface area is 123 Å². The number of hydrogen-bond donors (Lipinski definition) is 2. The lowest BCUT2D eigenvalue weighted by Gasteiger charge is -2.14. The molecule has 0 amide bonds. The number of para-hydroxylation sites is 3. The molecule has 0 aliphatic heterocycles. The van der Waals surface area contributed by atoms with E-state index < -0.39 is 0 Å². The SMILES string of the molecule is Nc1cnccc1Nc1ccccc1Oc1ccccc1. The zero-order chi connectivity index (χ0) is 14.5. The second kappa shape index (κ2) is 5.96. The predicted octanol–water partition coefficient (Wildman–Crippen LogP) is 4.20. The smallest absolute Gasteiger partial charge is 0.150 e. The van der Waals surface area contributed by atoms with Crippen molar-refractivity contribution >= 4 is 17.1 Å². The average Bonchev–Trinajstić information content (AvgIpc) is 2.52.